The van der Waals surface area contributed by atoms with E-state index in [2.05, 4.69) is 12.6 Å². The van der Waals surface area contributed by atoms with Crippen LogP contribution in [0, 0.1) is 5.82 Å². The van der Waals surface area contributed by atoms with Crippen LogP contribution in [0.4, 0.5) is 10.1 Å². The molecule has 0 fully saturated rings. The summed E-state index contributed by atoms with van der Waals surface area (Å²) in [5.41, 5.74) is 6.55. The number of halogens is 1. The summed E-state index contributed by atoms with van der Waals surface area (Å²) in [5, 5.41) is 0. The number of anilines is 1. The highest BCUT2D eigenvalue weighted by atomic mass is 32.1. The van der Waals surface area contributed by atoms with Gasteiger partial charge in [-0.05, 0) is 18.2 Å². The van der Waals surface area contributed by atoms with Crippen molar-refractivity contribution in [1.29, 1.82) is 0 Å². The first-order chi connectivity index (χ1) is 5.74. The van der Waals surface area contributed by atoms with Gasteiger partial charge in [-0.2, -0.15) is 12.6 Å². The average Bonchev–Trinajstić information content (AvgIpc) is 2.07. The first kappa shape index (κ1) is 9.13. The molecule has 0 radical (unpaired) electrons. The van der Waals surface area contributed by atoms with Gasteiger partial charge in [0.15, 0.2) is 0 Å². The largest absolute Gasteiger partial charge is 0.399 e. The molecule has 0 atom stereocenters. The molecular formula is C9H10FNS. The molecule has 0 aromatic heterocycles. The lowest BCUT2D eigenvalue weighted by molar-refractivity contribution is 0.625. The molecular weight excluding hydrogens is 173 g/mol. The molecule has 2 N–H and O–H groups in total. The molecule has 0 saturated heterocycles. The van der Waals surface area contributed by atoms with Gasteiger partial charge in [0.1, 0.15) is 5.82 Å². The molecule has 0 aliphatic rings. The highest BCUT2D eigenvalue weighted by Crippen LogP contribution is 2.13. The molecule has 0 amide bonds. The van der Waals surface area contributed by atoms with Crippen molar-refractivity contribution in [2.45, 2.75) is 0 Å². The highest BCUT2D eigenvalue weighted by molar-refractivity contribution is 7.80. The number of nitrogens with two attached hydrogens (primary N) is 1. The molecule has 0 bridgehead atoms. The van der Waals surface area contributed by atoms with E-state index in [0.717, 1.165) is 0 Å². The van der Waals surface area contributed by atoms with Gasteiger partial charge in [-0.25, -0.2) is 4.39 Å². The third-order valence-electron chi connectivity index (χ3n) is 1.42. The normalized spacial score (nSPS) is 10.8. The van der Waals surface area contributed by atoms with Gasteiger partial charge in [0, 0.05) is 17.0 Å². The van der Waals surface area contributed by atoms with E-state index in [1.807, 2.05) is 0 Å². The number of hydrogen-bond donors (Lipinski definition) is 2. The second-order valence-corrected chi connectivity index (χ2v) is 2.73. The zero-order chi connectivity index (χ0) is 8.97. The summed E-state index contributed by atoms with van der Waals surface area (Å²) >= 11 is 3.97. The lowest BCUT2D eigenvalue weighted by Gasteiger charge is -1.97. The van der Waals surface area contributed by atoms with Gasteiger partial charge < -0.3 is 5.73 Å². The van der Waals surface area contributed by atoms with Gasteiger partial charge >= 0.3 is 0 Å². The van der Waals surface area contributed by atoms with E-state index in [0.29, 0.717) is 17.0 Å². The summed E-state index contributed by atoms with van der Waals surface area (Å²) in [6.07, 6.45) is 3.43. The fraction of sp³-hybridized carbons (Fsp3) is 0.111. The summed E-state index contributed by atoms with van der Waals surface area (Å²) in [5.74, 6) is 0.330. The van der Waals surface area contributed by atoms with Crippen molar-refractivity contribution in [3.8, 4) is 0 Å². The summed E-state index contributed by atoms with van der Waals surface area (Å²) < 4.78 is 13.0. The van der Waals surface area contributed by atoms with E-state index >= 15 is 0 Å². The minimum atomic E-state index is -0.262. The highest BCUT2D eigenvalue weighted by Gasteiger charge is 1.96. The minimum absolute atomic E-state index is 0.262. The Labute approximate surface area is 76.5 Å². The molecule has 1 rings (SSSR count). The van der Waals surface area contributed by atoms with Crippen LogP contribution in [0.2, 0.25) is 0 Å². The Morgan fingerprint density at radius 3 is 2.92 bits per heavy atom. The molecule has 12 heavy (non-hydrogen) atoms. The van der Waals surface area contributed by atoms with Crippen molar-refractivity contribution >= 4 is 24.4 Å². The molecule has 3 heteroatoms. The molecule has 0 heterocycles. The van der Waals surface area contributed by atoms with Crippen LogP contribution in [0.1, 0.15) is 5.56 Å². The Bertz CT molecular complexity index is 297. The predicted molar refractivity (Wildman–Crippen MR) is 53.7 cm³/mol. The van der Waals surface area contributed by atoms with Crippen LogP contribution in [0.5, 0.6) is 0 Å². The number of rotatable bonds is 2. The quantitative estimate of drug-likeness (QED) is 0.534. The second kappa shape index (κ2) is 4.16. The molecule has 1 nitrogen and oxygen atoms in total. The smallest absolute Gasteiger partial charge is 0.130 e. The van der Waals surface area contributed by atoms with Crippen LogP contribution in [-0.2, 0) is 0 Å². The van der Waals surface area contributed by atoms with Crippen LogP contribution in [0.15, 0.2) is 24.3 Å². The zero-order valence-electron chi connectivity index (χ0n) is 6.50. The maximum absolute atomic E-state index is 13.0. The van der Waals surface area contributed by atoms with E-state index in [1.165, 1.54) is 12.1 Å². The first-order valence-corrected chi connectivity index (χ1v) is 4.19. The molecule has 64 valence electrons. The average molecular weight is 183 g/mol. The zero-order valence-corrected chi connectivity index (χ0v) is 7.39. The third-order valence-corrected chi connectivity index (χ3v) is 1.63. The lowest BCUT2D eigenvalue weighted by Crippen LogP contribution is -1.88. The van der Waals surface area contributed by atoms with Gasteiger partial charge in [0.05, 0.1) is 0 Å². The number of benzene rings is 1. The fourth-order valence-corrected chi connectivity index (χ4v) is 0.975. The number of nitrogen functional groups attached to an aromatic ring is 1. The maximum Gasteiger partial charge on any atom is 0.130 e. The van der Waals surface area contributed by atoms with E-state index < -0.39 is 0 Å². The van der Waals surface area contributed by atoms with E-state index in [1.54, 1.807) is 18.2 Å². The van der Waals surface area contributed by atoms with Crippen molar-refractivity contribution < 1.29 is 4.39 Å². The van der Waals surface area contributed by atoms with Gasteiger partial charge in [-0.15, -0.1) is 0 Å². The van der Waals surface area contributed by atoms with E-state index in [-0.39, 0.29) is 5.82 Å². The Morgan fingerprint density at radius 1 is 1.50 bits per heavy atom. The third kappa shape index (κ3) is 2.27. The van der Waals surface area contributed by atoms with Gasteiger partial charge in [0.25, 0.3) is 0 Å². The Kier molecular flexibility index (Phi) is 3.17. The molecule has 0 unspecified atom stereocenters. The van der Waals surface area contributed by atoms with Crippen molar-refractivity contribution in [2.75, 3.05) is 11.5 Å². The van der Waals surface area contributed by atoms with E-state index in [4.69, 9.17) is 5.73 Å². The minimum Gasteiger partial charge on any atom is -0.399 e. The molecule has 1 aromatic rings. The van der Waals surface area contributed by atoms with Crippen molar-refractivity contribution in [1.82, 2.24) is 0 Å². The SMILES string of the molecule is Nc1ccc(F)c(C=CCS)c1. The Morgan fingerprint density at radius 2 is 2.25 bits per heavy atom. The van der Waals surface area contributed by atoms with E-state index in [9.17, 15) is 4.39 Å². The molecule has 0 saturated carbocycles. The maximum atomic E-state index is 13.0. The first-order valence-electron chi connectivity index (χ1n) is 3.56. The van der Waals surface area contributed by atoms with Crippen LogP contribution >= 0.6 is 12.6 Å². The second-order valence-electron chi connectivity index (χ2n) is 2.37. The van der Waals surface area contributed by atoms with Gasteiger partial charge in [-0.3, -0.25) is 0 Å². The van der Waals surface area contributed by atoms with Crippen LogP contribution in [0.25, 0.3) is 6.08 Å². The predicted octanol–water partition coefficient (Wildman–Crippen LogP) is 2.35. The van der Waals surface area contributed by atoms with Gasteiger partial charge in [0.2, 0.25) is 0 Å². The molecule has 0 spiro atoms. The standard InChI is InChI=1S/C9H10FNS/c10-9-4-3-8(11)6-7(9)2-1-5-12/h1-4,6,12H,5,11H2. The fourth-order valence-electron chi connectivity index (χ4n) is 0.870. The van der Waals surface area contributed by atoms with Crippen molar-refractivity contribution in [2.24, 2.45) is 0 Å². The Balaban J connectivity index is 2.97. The molecule has 0 aliphatic heterocycles. The number of thiol groups is 1. The Hall–Kier alpha value is -0.960. The van der Waals surface area contributed by atoms with Crippen molar-refractivity contribution in [3.63, 3.8) is 0 Å². The summed E-state index contributed by atoms with van der Waals surface area (Å²) in [6.45, 7) is 0. The number of hydrogen-bond acceptors (Lipinski definition) is 2. The van der Waals surface area contributed by atoms with Gasteiger partial charge in [-0.1, -0.05) is 12.2 Å². The summed E-state index contributed by atoms with van der Waals surface area (Å²) in [7, 11) is 0. The van der Waals surface area contributed by atoms with Crippen LogP contribution < -0.4 is 5.73 Å². The lowest BCUT2D eigenvalue weighted by atomic mass is 10.2. The summed E-state index contributed by atoms with van der Waals surface area (Å²) in [6, 6.07) is 4.48. The van der Waals surface area contributed by atoms with Crippen LogP contribution in [0.3, 0.4) is 0 Å². The summed E-state index contributed by atoms with van der Waals surface area (Å²) in [4.78, 5) is 0. The van der Waals surface area contributed by atoms with Crippen LogP contribution in [-0.4, -0.2) is 5.75 Å². The monoisotopic (exact) mass is 183 g/mol. The molecule has 0 aliphatic carbocycles. The molecule has 1 aromatic carbocycles. The van der Waals surface area contributed by atoms with Crippen molar-refractivity contribution in [3.05, 3.63) is 35.7 Å². The topological polar surface area (TPSA) is 26.0 Å².